The number of hydrogen-bond donors (Lipinski definition) is 0. The maximum absolute atomic E-state index is 6.65. The number of rotatable bonds is 5. The van der Waals surface area contributed by atoms with Gasteiger partial charge in [0.1, 0.15) is 16.7 Å². The van der Waals surface area contributed by atoms with Gasteiger partial charge in [0.05, 0.1) is 5.69 Å². The number of hydrogen-bond acceptors (Lipinski definition) is 5. The van der Waals surface area contributed by atoms with Crippen molar-refractivity contribution in [1.82, 2.24) is 4.98 Å². The SMILES string of the molecule is c1ccc(-c2cccc3ccc(N(c4ccc5c(c4)oc4cccc(-c6nc7ccccc7o6)c45)c4cccc5sc6ccccc6c45)cc23)cc1. The molecule has 3 heterocycles. The minimum Gasteiger partial charge on any atom is -0.456 e. The maximum atomic E-state index is 6.65. The Kier molecular flexibility index (Phi) is 6.39. The number of benzene rings is 8. The number of para-hydroxylation sites is 2. The highest BCUT2D eigenvalue weighted by Gasteiger charge is 2.22. The second-order valence-corrected chi connectivity index (χ2v) is 14.2. The Balaban J connectivity index is 1.16. The molecule has 4 nitrogen and oxygen atoms in total. The molecule has 0 radical (unpaired) electrons. The predicted molar refractivity (Wildman–Crippen MR) is 217 cm³/mol. The van der Waals surface area contributed by atoms with Gasteiger partial charge in [-0.1, -0.05) is 97.1 Å². The van der Waals surface area contributed by atoms with Crippen LogP contribution in [-0.2, 0) is 0 Å². The first-order valence-corrected chi connectivity index (χ1v) is 18.2. The van der Waals surface area contributed by atoms with E-state index in [4.69, 9.17) is 13.8 Å². The van der Waals surface area contributed by atoms with Crippen LogP contribution in [-0.4, -0.2) is 4.98 Å². The molecule has 0 aliphatic carbocycles. The van der Waals surface area contributed by atoms with Crippen LogP contribution in [0.3, 0.4) is 0 Å². The van der Waals surface area contributed by atoms with Crippen LogP contribution in [0.25, 0.3) is 86.6 Å². The van der Waals surface area contributed by atoms with Crippen molar-refractivity contribution < 1.29 is 8.83 Å². The lowest BCUT2D eigenvalue weighted by atomic mass is 9.97. The molecule has 0 amide bonds. The zero-order valence-electron chi connectivity index (χ0n) is 27.8. The Bertz CT molecular complexity index is 3120. The van der Waals surface area contributed by atoms with Crippen LogP contribution in [0.1, 0.15) is 0 Å². The molecule has 52 heavy (non-hydrogen) atoms. The van der Waals surface area contributed by atoms with Crippen molar-refractivity contribution >= 4 is 92.4 Å². The molecule has 0 bridgehead atoms. The van der Waals surface area contributed by atoms with Gasteiger partial charge in [-0.15, -0.1) is 11.3 Å². The molecule has 0 spiro atoms. The highest BCUT2D eigenvalue weighted by molar-refractivity contribution is 7.26. The van der Waals surface area contributed by atoms with Crippen LogP contribution in [0.2, 0.25) is 0 Å². The van der Waals surface area contributed by atoms with Crippen LogP contribution >= 0.6 is 11.3 Å². The Labute approximate surface area is 302 Å². The van der Waals surface area contributed by atoms with Crippen molar-refractivity contribution in [2.75, 3.05) is 4.90 Å². The molecule has 0 unspecified atom stereocenters. The summed E-state index contributed by atoms with van der Waals surface area (Å²) in [5.74, 6) is 0.585. The monoisotopic (exact) mass is 684 g/mol. The second kappa shape index (κ2) is 11.4. The maximum Gasteiger partial charge on any atom is 0.228 e. The molecule has 0 aliphatic heterocycles. The predicted octanol–water partition coefficient (Wildman–Crippen LogP) is 14.1. The van der Waals surface area contributed by atoms with E-state index in [0.717, 1.165) is 55.7 Å². The smallest absolute Gasteiger partial charge is 0.228 e. The van der Waals surface area contributed by atoms with Crippen molar-refractivity contribution in [2.45, 2.75) is 0 Å². The molecular formula is C47H28N2O2S. The molecule has 11 rings (SSSR count). The normalized spacial score (nSPS) is 11.8. The van der Waals surface area contributed by atoms with Gasteiger partial charge in [-0.2, -0.15) is 0 Å². The lowest BCUT2D eigenvalue weighted by molar-refractivity contribution is 0.620. The Morgan fingerprint density at radius 3 is 2.15 bits per heavy atom. The van der Waals surface area contributed by atoms with Gasteiger partial charge in [-0.3, -0.25) is 0 Å². The number of fused-ring (bicyclic) bond motifs is 8. The largest absolute Gasteiger partial charge is 0.456 e. The van der Waals surface area contributed by atoms with Crippen LogP contribution in [0.5, 0.6) is 0 Å². The minimum atomic E-state index is 0.585. The topological polar surface area (TPSA) is 42.4 Å². The van der Waals surface area contributed by atoms with E-state index in [1.807, 2.05) is 47.7 Å². The highest BCUT2D eigenvalue weighted by Crippen LogP contribution is 2.47. The van der Waals surface area contributed by atoms with Crippen LogP contribution < -0.4 is 4.90 Å². The van der Waals surface area contributed by atoms with Crippen molar-refractivity contribution in [1.29, 1.82) is 0 Å². The third-order valence-corrected chi connectivity index (χ3v) is 11.2. The van der Waals surface area contributed by atoms with Gasteiger partial charge in [0.15, 0.2) is 5.58 Å². The van der Waals surface area contributed by atoms with Gasteiger partial charge in [0, 0.05) is 53.9 Å². The van der Waals surface area contributed by atoms with E-state index in [2.05, 4.69) is 138 Å². The van der Waals surface area contributed by atoms with Crippen molar-refractivity contribution in [2.24, 2.45) is 0 Å². The van der Waals surface area contributed by atoms with E-state index in [1.165, 1.54) is 42.1 Å². The Morgan fingerprint density at radius 1 is 0.462 bits per heavy atom. The van der Waals surface area contributed by atoms with Gasteiger partial charge < -0.3 is 13.7 Å². The summed E-state index contributed by atoms with van der Waals surface area (Å²) < 4.78 is 15.4. The van der Waals surface area contributed by atoms with Gasteiger partial charge in [-0.05, 0) is 88.6 Å². The molecule has 0 N–H and O–H groups in total. The van der Waals surface area contributed by atoms with Crippen molar-refractivity contribution in [3.63, 3.8) is 0 Å². The molecular weight excluding hydrogens is 657 g/mol. The Hall–Kier alpha value is -6.69. The fourth-order valence-corrected chi connectivity index (χ4v) is 8.88. The van der Waals surface area contributed by atoms with E-state index in [1.54, 1.807) is 0 Å². The van der Waals surface area contributed by atoms with Crippen LogP contribution in [0.4, 0.5) is 17.1 Å². The summed E-state index contributed by atoms with van der Waals surface area (Å²) in [6.45, 7) is 0. The van der Waals surface area contributed by atoms with E-state index >= 15 is 0 Å². The summed E-state index contributed by atoms with van der Waals surface area (Å²) in [6.07, 6.45) is 0. The lowest BCUT2D eigenvalue weighted by Gasteiger charge is -2.27. The summed E-state index contributed by atoms with van der Waals surface area (Å²) in [6, 6.07) is 59.8. The second-order valence-electron chi connectivity index (χ2n) is 13.1. The molecule has 0 fully saturated rings. The fourth-order valence-electron chi connectivity index (χ4n) is 7.76. The lowest BCUT2D eigenvalue weighted by Crippen LogP contribution is -2.10. The quantitative estimate of drug-likeness (QED) is 0.181. The third kappa shape index (κ3) is 4.50. The summed E-state index contributed by atoms with van der Waals surface area (Å²) in [5.41, 5.74) is 9.71. The molecule has 244 valence electrons. The molecule has 8 aromatic carbocycles. The fraction of sp³-hybridized carbons (Fsp3) is 0. The van der Waals surface area contributed by atoms with Gasteiger partial charge >= 0.3 is 0 Å². The van der Waals surface area contributed by atoms with Gasteiger partial charge in [-0.25, -0.2) is 4.98 Å². The first kappa shape index (κ1) is 29.1. The number of aromatic nitrogens is 1. The standard InChI is InChI=1S/C47H28N2O2S/c1-2-11-29(12-3-1)33-15-8-13-30-23-24-31(27-37(30)33)49(39-18-10-22-44-46(39)35-14-4-7-21-43(35)52-44)32-25-26-34-42(28-32)50-41-20-9-16-36(45(34)41)47-48-38-17-5-6-19-40(38)51-47/h1-28H. The molecule has 0 aliphatic rings. The summed E-state index contributed by atoms with van der Waals surface area (Å²) in [5, 5.41) is 6.89. The minimum absolute atomic E-state index is 0.585. The van der Waals surface area contributed by atoms with Crippen LogP contribution in [0, 0.1) is 0 Å². The van der Waals surface area contributed by atoms with Crippen molar-refractivity contribution in [3.8, 4) is 22.6 Å². The van der Waals surface area contributed by atoms with E-state index in [0.29, 0.717) is 5.89 Å². The van der Waals surface area contributed by atoms with Crippen molar-refractivity contribution in [3.05, 3.63) is 170 Å². The number of anilines is 3. The van der Waals surface area contributed by atoms with E-state index < -0.39 is 0 Å². The number of thiophene rings is 1. The summed E-state index contributed by atoms with van der Waals surface area (Å²) >= 11 is 1.83. The third-order valence-electron chi connectivity index (χ3n) is 10.1. The number of furan rings is 1. The molecule has 3 aromatic heterocycles. The summed E-state index contributed by atoms with van der Waals surface area (Å²) in [4.78, 5) is 7.22. The zero-order valence-corrected chi connectivity index (χ0v) is 28.6. The highest BCUT2D eigenvalue weighted by atomic mass is 32.1. The first-order valence-electron chi connectivity index (χ1n) is 17.4. The number of nitrogens with zero attached hydrogens (tertiary/aromatic N) is 2. The average Bonchev–Trinajstić information content (AvgIpc) is 3.91. The van der Waals surface area contributed by atoms with Gasteiger partial charge in [0.25, 0.3) is 0 Å². The molecule has 0 saturated carbocycles. The average molecular weight is 685 g/mol. The zero-order chi connectivity index (χ0) is 34.2. The van der Waals surface area contributed by atoms with Crippen LogP contribution in [0.15, 0.2) is 179 Å². The van der Waals surface area contributed by atoms with E-state index in [-0.39, 0.29) is 0 Å². The van der Waals surface area contributed by atoms with E-state index in [9.17, 15) is 0 Å². The molecule has 0 atom stereocenters. The molecule has 0 saturated heterocycles. The first-order chi connectivity index (χ1) is 25.8. The molecule has 5 heteroatoms. The van der Waals surface area contributed by atoms with Gasteiger partial charge in [0.2, 0.25) is 5.89 Å². The Morgan fingerprint density at radius 2 is 1.21 bits per heavy atom. The summed E-state index contributed by atoms with van der Waals surface area (Å²) in [7, 11) is 0. The molecule has 11 aromatic rings. The number of oxazole rings is 1.